The Kier molecular flexibility index (Phi) is 2.82. The predicted octanol–water partition coefficient (Wildman–Crippen LogP) is 2.55. The fraction of sp³-hybridized carbons (Fsp3) is 1.00. The van der Waals surface area contributed by atoms with E-state index in [1.165, 1.54) is 12.8 Å². The summed E-state index contributed by atoms with van der Waals surface area (Å²) < 4.78 is 11.6. The highest BCUT2D eigenvalue weighted by molar-refractivity contribution is 6.18. The van der Waals surface area contributed by atoms with Crippen LogP contribution in [0.25, 0.3) is 0 Å². The molecule has 76 valence electrons. The summed E-state index contributed by atoms with van der Waals surface area (Å²) in [5.41, 5.74) is 0. The standard InChI is InChI=1S/C10H17ClO2/c1-8-3-2-4-10(5-8)12-7-9(6-11)13-10/h8-9H,2-7H2,1H3/t8-,9-,10-/m0/s1. The van der Waals surface area contributed by atoms with Crippen LogP contribution < -0.4 is 0 Å². The third-order valence-corrected chi connectivity index (χ3v) is 3.34. The second-order valence-electron chi connectivity index (χ2n) is 4.32. The smallest absolute Gasteiger partial charge is 0.169 e. The predicted molar refractivity (Wildman–Crippen MR) is 51.9 cm³/mol. The van der Waals surface area contributed by atoms with Crippen molar-refractivity contribution in [2.24, 2.45) is 5.92 Å². The van der Waals surface area contributed by atoms with Gasteiger partial charge in [0.1, 0.15) is 0 Å². The van der Waals surface area contributed by atoms with Gasteiger partial charge < -0.3 is 9.47 Å². The first-order valence-corrected chi connectivity index (χ1v) is 5.65. The van der Waals surface area contributed by atoms with E-state index in [1.54, 1.807) is 0 Å². The van der Waals surface area contributed by atoms with Crippen LogP contribution in [0.1, 0.15) is 32.6 Å². The van der Waals surface area contributed by atoms with E-state index in [0.29, 0.717) is 12.5 Å². The lowest BCUT2D eigenvalue weighted by Crippen LogP contribution is -2.36. The van der Waals surface area contributed by atoms with Crippen molar-refractivity contribution in [3.63, 3.8) is 0 Å². The molecule has 0 N–H and O–H groups in total. The lowest BCUT2D eigenvalue weighted by Gasteiger charge is -2.35. The molecule has 0 bridgehead atoms. The molecule has 2 rings (SSSR count). The Labute approximate surface area is 84.5 Å². The summed E-state index contributed by atoms with van der Waals surface area (Å²) in [6, 6.07) is 0. The molecule has 3 heteroatoms. The van der Waals surface area contributed by atoms with Gasteiger partial charge in [0.05, 0.1) is 18.6 Å². The molecule has 0 amide bonds. The van der Waals surface area contributed by atoms with Crippen LogP contribution in [-0.4, -0.2) is 24.4 Å². The number of ether oxygens (including phenoxy) is 2. The number of halogens is 1. The van der Waals surface area contributed by atoms with Crippen LogP contribution in [0.3, 0.4) is 0 Å². The highest BCUT2D eigenvalue weighted by atomic mass is 35.5. The molecule has 2 aliphatic rings. The maximum absolute atomic E-state index is 5.86. The molecule has 2 nitrogen and oxygen atoms in total. The van der Waals surface area contributed by atoms with Crippen molar-refractivity contribution in [1.29, 1.82) is 0 Å². The van der Waals surface area contributed by atoms with E-state index in [-0.39, 0.29) is 11.9 Å². The van der Waals surface area contributed by atoms with Gasteiger partial charge in [-0.2, -0.15) is 0 Å². The minimum atomic E-state index is -0.267. The zero-order valence-corrected chi connectivity index (χ0v) is 8.85. The molecule has 0 aromatic heterocycles. The Balaban J connectivity index is 1.97. The zero-order chi connectivity index (χ0) is 9.31. The average molecular weight is 205 g/mol. The fourth-order valence-corrected chi connectivity index (χ4v) is 2.54. The van der Waals surface area contributed by atoms with Crippen molar-refractivity contribution in [2.75, 3.05) is 12.5 Å². The van der Waals surface area contributed by atoms with Crippen LogP contribution in [-0.2, 0) is 9.47 Å². The molecular formula is C10H17ClO2. The summed E-state index contributed by atoms with van der Waals surface area (Å²) in [4.78, 5) is 0. The largest absolute Gasteiger partial charge is 0.347 e. The molecule has 0 aromatic carbocycles. The molecule has 1 spiro atoms. The van der Waals surface area contributed by atoms with E-state index in [4.69, 9.17) is 21.1 Å². The van der Waals surface area contributed by atoms with Crippen molar-refractivity contribution >= 4 is 11.6 Å². The maximum atomic E-state index is 5.86. The van der Waals surface area contributed by atoms with E-state index in [0.717, 1.165) is 18.8 Å². The number of hydrogen-bond donors (Lipinski definition) is 0. The number of rotatable bonds is 1. The third-order valence-electron chi connectivity index (χ3n) is 3.00. The summed E-state index contributed by atoms with van der Waals surface area (Å²) in [5, 5.41) is 0. The van der Waals surface area contributed by atoms with Gasteiger partial charge in [0.15, 0.2) is 5.79 Å². The van der Waals surface area contributed by atoms with Crippen molar-refractivity contribution in [3.8, 4) is 0 Å². The maximum Gasteiger partial charge on any atom is 0.169 e. The van der Waals surface area contributed by atoms with E-state index in [1.807, 2.05) is 0 Å². The third kappa shape index (κ3) is 2.00. The first-order valence-electron chi connectivity index (χ1n) is 5.12. The van der Waals surface area contributed by atoms with Gasteiger partial charge >= 0.3 is 0 Å². The highest BCUT2D eigenvalue weighted by Gasteiger charge is 2.43. The quantitative estimate of drug-likeness (QED) is 0.612. The van der Waals surface area contributed by atoms with Crippen molar-refractivity contribution < 1.29 is 9.47 Å². The van der Waals surface area contributed by atoms with Gasteiger partial charge in [-0.1, -0.05) is 13.3 Å². The van der Waals surface area contributed by atoms with Gasteiger partial charge in [-0.25, -0.2) is 0 Å². The molecule has 1 saturated carbocycles. The highest BCUT2D eigenvalue weighted by Crippen LogP contribution is 2.40. The normalized spacial score (nSPS) is 45.7. The molecule has 0 aromatic rings. The lowest BCUT2D eigenvalue weighted by molar-refractivity contribution is -0.193. The minimum Gasteiger partial charge on any atom is -0.347 e. The summed E-state index contributed by atoms with van der Waals surface area (Å²) in [5.74, 6) is 1.01. The molecule has 1 aliphatic carbocycles. The second-order valence-corrected chi connectivity index (χ2v) is 4.63. The van der Waals surface area contributed by atoms with Crippen molar-refractivity contribution in [3.05, 3.63) is 0 Å². The molecule has 1 aliphatic heterocycles. The van der Waals surface area contributed by atoms with E-state index >= 15 is 0 Å². The van der Waals surface area contributed by atoms with Gasteiger partial charge in [0.2, 0.25) is 0 Å². The molecule has 0 radical (unpaired) electrons. The van der Waals surface area contributed by atoms with Gasteiger partial charge in [0.25, 0.3) is 0 Å². The summed E-state index contributed by atoms with van der Waals surface area (Å²) in [6.45, 7) is 2.94. The first-order chi connectivity index (χ1) is 6.24. The Hall–Kier alpha value is 0.210. The van der Waals surface area contributed by atoms with Crippen molar-refractivity contribution in [2.45, 2.75) is 44.5 Å². The van der Waals surface area contributed by atoms with E-state index in [2.05, 4.69) is 6.92 Å². The molecular weight excluding hydrogens is 188 g/mol. The van der Waals surface area contributed by atoms with Crippen LogP contribution in [0.2, 0.25) is 0 Å². The van der Waals surface area contributed by atoms with Gasteiger partial charge in [-0.15, -0.1) is 11.6 Å². The van der Waals surface area contributed by atoms with E-state index < -0.39 is 0 Å². The Bertz CT molecular complexity index is 186. The molecule has 1 saturated heterocycles. The molecule has 13 heavy (non-hydrogen) atoms. The van der Waals surface area contributed by atoms with Crippen LogP contribution in [0.15, 0.2) is 0 Å². The summed E-state index contributed by atoms with van der Waals surface area (Å²) >= 11 is 5.74. The topological polar surface area (TPSA) is 18.5 Å². The average Bonchev–Trinajstić information content (AvgIpc) is 2.48. The molecule has 0 unspecified atom stereocenters. The Morgan fingerprint density at radius 1 is 1.54 bits per heavy atom. The Morgan fingerprint density at radius 2 is 2.38 bits per heavy atom. The summed E-state index contributed by atoms with van der Waals surface area (Å²) in [7, 11) is 0. The van der Waals surface area contributed by atoms with Crippen LogP contribution in [0.5, 0.6) is 0 Å². The Morgan fingerprint density at radius 3 is 3.00 bits per heavy atom. The molecule has 3 atom stereocenters. The van der Waals surface area contributed by atoms with Gasteiger partial charge in [-0.05, 0) is 12.3 Å². The SMILES string of the molecule is C[C@H]1CCC[C@]2(C1)OC[C@H](CCl)O2. The number of alkyl halides is 1. The summed E-state index contributed by atoms with van der Waals surface area (Å²) in [6.07, 6.45) is 4.73. The van der Waals surface area contributed by atoms with Crippen LogP contribution >= 0.6 is 11.6 Å². The monoisotopic (exact) mass is 204 g/mol. The number of hydrogen-bond acceptors (Lipinski definition) is 2. The minimum absolute atomic E-state index is 0.118. The van der Waals surface area contributed by atoms with Crippen LogP contribution in [0.4, 0.5) is 0 Å². The van der Waals surface area contributed by atoms with Gasteiger partial charge in [0, 0.05) is 12.8 Å². The van der Waals surface area contributed by atoms with E-state index in [9.17, 15) is 0 Å². The molecule has 1 heterocycles. The second kappa shape index (κ2) is 3.76. The fourth-order valence-electron chi connectivity index (χ4n) is 2.39. The van der Waals surface area contributed by atoms with Crippen molar-refractivity contribution in [1.82, 2.24) is 0 Å². The van der Waals surface area contributed by atoms with Gasteiger partial charge in [-0.3, -0.25) is 0 Å². The lowest BCUT2D eigenvalue weighted by atomic mass is 9.86. The zero-order valence-electron chi connectivity index (χ0n) is 8.09. The molecule has 2 fully saturated rings. The first kappa shape index (κ1) is 9.75. The van der Waals surface area contributed by atoms with Crippen LogP contribution in [0, 0.1) is 5.92 Å².